The van der Waals surface area contributed by atoms with Crippen molar-refractivity contribution in [1.29, 1.82) is 0 Å². The van der Waals surface area contributed by atoms with Crippen molar-refractivity contribution >= 4 is 0 Å². The van der Waals surface area contributed by atoms with E-state index >= 15 is 0 Å². The Bertz CT molecular complexity index is 375. The van der Waals surface area contributed by atoms with Crippen LogP contribution in [0.4, 0.5) is 0 Å². The van der Waals surface area contributed by atoms with E-state index in [0.717, 1.165) is 17.9 Å². The van der Waals surface area contributed by atoms with Crippen molar-refractivity contribution in [1.82, 2.24) is 4.98 Å². The Morgan fingerprint density at radius 3 is 2.56 bits per heavy atom. The second kappa shape index (κ2) is 4.08. The molecule has 0 saturated heterocycles. The van der Waals surface area contributed by atoms with E-state index in [2.05, 4.69) is 38.7 Å². The van der Waals surface area contributed by atoms with Gasteiger partial charge in [-0.1, -0.05) is 27.7 Å². The topological polar surface area (TPSA) is 22.1 Å². The van der Waals surface area contributed by atoms with Crippen LogP contribution < -0.4 is 4.74 Å². The first-order valence-corrected chi connectivity index (χ1v) is 6.16. The van der Waals surface area contributed by atoms with Gasteiger partial charge < -0.3 is 4.74 Å². The molecule has 1 fully saturated rings. The van der Waals surface area contributed by atoms with Crippen LogP contribution in [0, 0.1) is 0 Å². The van der Waals surface area contributed by atoms with Gasteiger partial charge in [-0.25, -0.2) is 0 Å². The number of pyridine rings is 1. The third kappa shape index (κ3) is 2.55. The van der Waals surface area contributed by atoms with Crippen LogP contribution in [-0.2, 0) is 11.8 Å². The number of rotatable bonds is 3. The maximum absolute atomic E-state index is 5.85. The van der Waals surface area contributed by atoms with Crippen LogP contribution >= 0.6 is 0 Å². The molecule has 0 bridgehead atoms. The maximum atomic E-state index is 5.85. The standard InChI is InChI=1S/C14H21NO/c1-5-10-8-13(14(2,3)4)15-9-12(10)16-11-6-7-11/h8-9,11H,5-7H2,1-4H3. The summed E-state index contributed by atoms with van der Waals surface area (Å²) in [5, 5.41) is 0. The Hall–Kier alpha value is -1.05. The molecule has 0 atom stereocenters. The third-order valence-corrected chi connectivity index (χ3v) is 2.92. The van der Waals surface area contributed by atoms with Crippen LogP contribution in [0.1, 0.15) is 51.8 Å². The fourth-order valence-corrected chi connectivity index (χ4v) is 1.64. The summed E-state index contributed by atoms with van der Waals surface area (Å²) in [7, 11) is 0. The van der Waals surface area contributed by atoms with Gasteiger partial charge >= 0.3 is 0 Å². The Morgan fingerprint density at radius 1 is 1.38 bits per heavy atom. The molecule has 0 radical (unpaired) electrons. The number of ether oxygens (including phenoxy) is 1. The summed E-state index contributed by atoms with van der Waals surface area (Å²) in [6.07, 6.45) is 5.76. The Kier molecular flexibility index (Phi) is 2.92. The van der Waals surface area contributed by atoms with E-state index in [4.69, 9.17) is 4.74 Å². The summed E-state index contributed by atoms with van der Waals surface area (Å²) >= 11 is 0. The molecule has 1 aromatic rings. The van der Waals surface area contributed by atoms with E-state index < -0.39 is 0 Å². The summed E-state index contributed by atoms with van der Waals surface area (Å²) in [6, 6.07) is 2.19. The zero-order valence-corrected chi connectivity index (χ0v) is 10.7. The molecule has 1 saturated carbocycles. The molecule has 16 heavy (non-hydrogen) atoms. The molecule has 1 aliphatic carbocycles. The molecule has 2 heteroatoms. The largest absolute Gasteiger partial charge is 0.489 e. The smallest absolute Gasteiger partial charge is 0.141 e. The van der Waals surface area contributed by atoms with Gasteiger partial charge in [0.1, 0.15) is 5.75 Å². The molecular weight excluding hydrogens is 198 g/mol. The van der Waals surface area contributed by atoms with Crippen molar-refractivity contribution in [3.63, 3.8) is 0 Å². The number of aryl methyl sites for hydroxylation is 1. The van der Waals surface area contributed by atoms with E-state index in [1.807, 2.05) is 6.20 Å². The summed E-state index contributed by atoms with van der Waals surface area (Å²) in [5.74, 6) is 0.984. The Morgan fingerprint density at radius 2 is 2.06 bits per heavy atom. The molecule has 1 heterocycles. The number of aromatic nitrogens is 1. The van der Waals surface area contributed by atoms with Crippen molar-refractivity contribution in [3.05, 3.63) is 23.5 Å². The summed E-state index contributed by atoms with van der Waals surface area (Å²) in [4.78, 5) is 4.51. The fraction of sp³-hybridized carbons (Fsp3) is 0.643. The second-order valence-electron chi connectivity index (χ2n) is 5.60. The summed E-state index contributed by atoms with van der Waals surface area (Å²) in [6.45, 7) is 8.74. The first-order chi connectivity index (χ1) is 7.50. The molecule has 0 amide bonds. The average Bonchev–Trinajstić information content (AvgIpc) is 3.00. The molecule has 2 rings (SSSR count). The predicted octanol–water partition coefficient (Wildman–Crippen LogP) is 3.48. The van der Waals surface area contributed by atoms with E-state index in [0.29, 0.717) is 6.10 Å². The Labute approximate surface area is 98.0 Å². The highest BCUT2D eigenvalue weighted by Gasteiger charge is 2.25. The summed E-state index contributed by atoms with van der Waals surface area (Å²) in [5.41, 5.74) is 2.54. The van der Waals surface area contributed by atoms with Gasteiger partial charge in [0.2, 0.25) is 0 Å². The van der Waals surface area contributed by atoms with Crippen LogP contribution in [0.25, 0.3) is 0 Å². The monoisotopic (exact) mass is 219 g/mol. The van der Waals surface area contributed by atoms with Gasteiger partial charge in [0.05, 0.1) is 12.3 Å². The first kappa shape index (κ1) is 11.4. The Balaban J connectivity index is 2.26. The average molecular weight is 219 g/mol. The first-order valence-electron chi connectivity index (χ1n) is 6.16. The number of hydrogen-bond acceptors (Lipinski definition) is 2. The second-order valence-corrected chi connectivity index (χ2v) is 5.60. The minimum absolute atomic E-state index is 0.113. The predicted molar refractivity (Wildman–Crippen MR) is 66.0 cm³/mol. The van der Waals surface area contributed by atoms with Gasteiger partial charge in [-0.05, 0) is 30.9 Å². The highest BCUT2D eigenvalue weighted by atomic mass is 16.5. The molecule has 0 spiro atoms. The van der Waals surface area contributed by atoms with Crippen molar-refractivity contribution in [3.8, 4) is 5.75 Å². The highest BCUT2D eigenvalue weighted by molar-refractivity contribution is 5.35. The molecule has 0 unspecified atom stereocenters. The van der Waals surface area contributed by atoms with E-state index in [1.54, 1.807) is 0 Å². The van der Waals surface area contributed by atoms with Crippen molar-refractivity contribution in [2.45, 2.75) is 58.5 Å². The molecule has 1 aliphatic rings. The zero-order chi connectivity index (χ0) is 11.8. The van der Waals surface area contributed by atoms with Gasteiger partial charge in [0, 0.05) is 11.1 Å². The highest BCUT2D eigenvalue weighted by Crippen LogP contribution is 2.31. The van der Waals surface area contributed by atoms with Gasteiger partial charge in [0.15, 0.2) is 0 Å². The summed E-state index contributed by atoms with van der Waals surface area (Å²) < 4.78 is 5.85. The lowest BCUT2D eigenvalue weighted by atomic mass is 9.90. The van der Waals surface area contributed by atoms with Gasteiger partial charge in [-0.2, -0.15) is 0 Å². The van der Waals surface area contributed by atoms with Crippen LogP contribution in [0.15, 0.2) is 12.3 Å². The number of nitrogens with zero attached hydrogens (tertiary/aromatic N) is 1. The van der Waals surface area contributed by atoms with E-state index in [1.165, 1.54) is 18.4 Å². The molecule has 0 aliphatic heterocycles. The SMILES string of the molecule is CCc1cc(C(C)(C)C)ncc1OC1CC1. The van der Waals surface area contributed by atoms with Crippen molar-refractivity contribution < 1.29 is 4.74 Å². The molecular formula is C14H21NO. The molecule has 1 aromatic heterocycles. The van der Waals surface area contributed by atoms with Crippen LogP contribution in [0.5, 0.6) is 5.75 Å². The lowest BCUT2D eigenvalue weighted by Crippen LogP contribution is -2.14. The van der Waals surface area contributed by atoms with Crippen LogP contribution in [-0.4, -0.2) is 11.1 Å². The third-order valence-electron chi connectivity index (χ3n) is 2.92. The van der Waals surface area contributed by atoms with Crippen molar-refractivity contribution in [2.75, 3.05) is 0 Å². The van der Waals surface area contributed by atoms with E-state index in [-0.39, 0.29) is 5.41 Å². The minimum atomic E-state index is 0.113. The van der Waals surface area contributed by atoms with Gasteiger partial charge in [0.25, 0.3) is 0 Å². The quantitative estimate of drug-likeness (QED) is 0.776. The van der Waals surface area contributed by atoms with Crippen LogP contribution in [0.3, 0.4) is 0 Å². The normalized spacial score (nSPS) is 16.2. The van der Waals surface area contributed by atoms with Crippen LogP contribution in [0.2, 0.25) is 0 Å². The lowest BCUT2D eigenvalue weighted by Gasteiger charge is -2.19. The molecule has 88 valence electrons. The van der Waals surface area contributed by atoms with Gasteiger partial charge in [-0.15, -0.1) is 0 Å². The molecule has 0 aromatic carbocycles. The minimum Gasteiger partial charge on any atom is -0.489 e. The lowest BCUT2D eigenvalue weighted by molar-refractivity contribution is 0.298. The fourth-order valence-electron chi connectivity index (χ4n) is 1.64. The van der Waals surface area contributed by atoms with E-state index in [9.17, 15) is 0 Å². The number of hydrogen-bond donors (Lipinski definition) is 0. The molecule has 0 N–H and O–H groups in total. The van der Waals surface area contributed by atoms with Crippen molar-refractivity contribution in [2.24, 2.45) is 0 Å². The molecule has 2 nitrogen and oxygen atoms in total. The zero-order valence-electron chi connectivity index (χ0n) is 10.7. The van der Waals surface area contributed by atoms with Gasteiger partial charge in [-0.3, -0.25) is 4.98 Å². The maximum Gasteiger partial charge on any atom is 0.141 e.